The molecule has 0 aromatic heterocycles. The van der Waals surface area contributed by atoms with Crippen molar-refractivity contribution in [3.63, 3.8) is 0 Å². The predicted octanol–water partition coefficient (Wildman–Crippen LogP) is 5.19. The second kappa shape index (κ2) is 8.97. The van der Waals surface area contributed by atoms with Gasteiger partial charge in [0.15, 0.2) is 0 Å². The van der Waals surface area contributed by atoms with Gasteiger partial charge in [0.25, 0.3) is 0 Å². The molecule has 0 bridgehead atoms. The molecule has 2 heteroatoms. The summed E-state index contributed by atoms with van der Waals surface area (Å²) in [5.41, 5.74) is 0. The van der Waals surface area contributed by atoms with Gasteiger partial charge in [-0.05, 0) is 0 Å². The van der Waals surface area contributed by atoms with Gasteiger partial charge in [0, 0.05) is 16.5 Å². The fraction of sp³-hybridized carbons (Fsp3) is 0. The first-order valence-electron chi connectivity index (χ1n) is 10.1. The van der Waals surface area contributed by atoms with E-state index in [0.29, 0.717) is 0 Å². The fourth-order valence-corrected chi connectivity index (χ4v) is 9.57. The van der Waals surface area contributed by atoms with Crippen LogP contribution in [0.1, 0.15) is 0 Å². The molecule has 0 N–H and O–H groups in total. The van der Waals surface area contributed by atoms with Crippen molar-refractivity contribution in [1.82, 2.24) is 0 Å². The Morgan fingerprint density at radius 2 is 0.767 bits per heavy atom. The van der Waals surface area contributed by atoms with Crippen molar-refractivity contribution >= 4 is 39.3 Å². The van der Waals surface area contributed by atoms with E-state index in [2.05, 4.69) is 133 Å². The van der Waals surface area contributed by atoms with Crippen LogP contribution in [0.15, 0.2) is 133 Å². The first-order chi connectivity index (χ1) is 14.4. The Morgan fingerprint density at radius 1 is 0.367 bits per heavy atom. The summed E-state index contributed by atoms with van der Waals surface area (Å²) in [5.74, 6) is 0. The Bertz CT molecular complexity index is 1130. The maximum absolute atomic E-state index is 2.46. The first kappa shape index (κ1) is 20.6. The second-order valence-corrected chi connectivity index (χ2v) is 11.1. The third kappa shape index (κ3) is 3.39. The van der Waals surface area contributed by atoms with Crippen LogP contribution in [0.2, 0.25) is 0 Å². The van der Waals surface area contributed by atoms with Crippen molar-refractivity contribution in [2.45, 2.75) is 0 Å². The van der Waals surface area contributed by atoms with Crippen LogP contribution >= 0.6 is 7.26 Å². The van der Waals surface area contributed by atoms with E-state index < -0.39 is 7.26 Å². The summed E-state index contributed by atoms with van der Waals surface area (Å²) in [7, 11) is -2.46. The van der Waals surface area contributed by atoms with Gasteiger partial charge in [0.2, 0.25) is 0 Å². The molecule has 0 unspecified atom stereocenters. The average molecular weight is 449 g/mol. The van der Waals surface area contributed by atoms with Crippen molar-refractivity contribution in [1.29, 1.82) is 0 Å². The molecule has 0 saturated heterocycles. The molecular weight excluding hydrogens is 426 g/mol. The average Bonchev–Trinajstić information content (AvgIpc) is 2.82. The molecule has 5 aromatic carbocycles. The zero-order chi connectivity index (χ0) is 19.5. The molecule has 0 fully saturated rings. The Balaban J connectivity index is 0.00000218. The Morgan fingerprint density at radius 3 is 1.27 bits per heavy atom. The monoisotopic (exact) mass is 448 g/mol. The predicted molar refractivity (Wildman–Crippen MR) is 130 cm³/mol. The SMILES string of the molecule is [Ni].c1ccc([PH](c2ccccc2)(c2ccccc2)c2cccc3ccccc23)cc1. The fourth-order valence-electron chi connectivity index (χ4n) is 4.58. The van der Waals surface area contributed by atoms with Crippen LogP contribution in [0.25, 0.3) is 10.8 Å². The molecule has 30 heavy (non-hydrogen) atoms. The van der Waals surface area contributed by atoms with E-state index in [1.54, 1.807) is 0 Å². The molecule has 0 heterocycles. The van der Waals surface area contributed by atoms with Gasteiger partial charge >= 0.3 is 173 Å². The second-order valence-electron chi connectivity index (χ2n) is 7.37. The van der Waals surface area contributed by atoms with Crippen molar-refractivity contribution in [3.8, 4) is 0 Å². The standard InChI is InChI=1S/C28H23P.Ni/c1-4-15-24(16-5-1)29(25-17-6-2-7-18-25,26-19-8-3-9-20-26)28-22-12-14-23-13-10-11-21-27(23)28;/h1-22,29H;. The van der Waals surface area contributed by atoms with E-state index in [0.717, 1.165) is 0 Å². The topological polar surface area (TPSA) is 0 Å². The molecule has 0 aliphatic heterocycles. The maximum atomic E-state index is 2.35. The normalized spacial score (nSPS) is 11.6. The number of hydrogen-bond acceptors (Lipinski definition) is 0. The van der Waals surface area contributed by atoms with Gasteiger partial charge in [-0.1, -0.05) is 0 Å². The Kier molecular flexibility index (Phi) is 6.14. The molecule has 0 atom stereocenters. The minimum atomic E-state index is -2.46. The van der Waals surface area contributed by atoms with E-state index >= 15 is 0 Å². The van der Waals surface area contributed by atoms with Gasteiger partial charge in [-0.2, -0.15) is 0 Å². The molecule has 5 rings (SSSR count). The summed E-state index contributed by atoms with van der Waals surface area (Å²) < 4.78 is 0. The van der Waals surface area contributed by atoms with E-state index in [9.17, 15) is 0 Å². The summed E-state index contributed by atoms with van der Waals surface area (Å²) in [6.07, 6.45) is 0. The van der Waals surface area contributed by atoms with Gasteiger partial charge in [0.05, 0.1) is 0 Å². The van der Waals surface area contributed by atoms with E-state index in [4.69, 9.17) is 0 Å². The van der Waals surface area contributed by atoms with E-state index in [1.807, 2.05) is 0 Å². The number of hydrogen-bond donors (Lipinski definition) is 0. The first-order valence-corrected chi connectivity index (χ1v) is 12.1. The summed E-state index contributed by atoms with van der Waals surface area (Å²) in [4.78, 5) is 0. The van der Waals surface area contributed by atoms with Crippen molar-refractivity contribution < 1.29 is 16.5 Å². The number of fused-ring (bicyclic) bond motifs is 1. The molecule has 5 aromatic rings. The summed E-state index contributed by atoms with van der Waals surface area (Å²) >= 11 is 0. The van der Waals surface area contributed by atoms with Crippen LogP contribution in [0.4, 0.5) is 0 Å². The summed E-state index contributed by atoms with van der Waals surface area (Å²) in [6.45, 7) is 0. The van der Waals surface area contributed by atoms with Gasteiger partial charge < -0.3 is 0 Å². The van der Waals surface area contributed by atoms with E-state index in [1.165, 1.54) is 32.0 Å². The van der Waals surface area contributed by atoms with Crippen LogP contribution in [0.3, 0.4) is 0 Å². The molecule has 0 aliphatic rings. The Labute approximate surface area is 188 Å². The minimum absolute atomic E-state index is 0. The summed E-state index contributed by atoms with van der Waals surface area (Å²) in [5, 5.41) is 8.32. The third-order valence-corrected chi connectivity index (χ3v) is 10.7. The van der Waals surface area contributed by atoms with Gasteiger partial charge in [-0.15, -0.1) is 0 Å². The van der Waals surface area contributed by atoms with Crippen molar-refractivity contribution in [3.05, 3.63) is 133 Å². The molecule has 150 valence electrons. The van der Waals surface area contributed by atoms with Crippen molar-refractivity contribution in [2.24, 2.45) is 0 Å². The van der Waals surface area contributed by atoms with Crippen LogP contribution < -0.4 is 21.2 Å². The molecule has 0 amide bonds. The van der Waals surface area contributed by atoms with Gasteiger partial charge in [0.1, 0.15) is 0 Å². The molecule has 0 nitrogen and oxygen atoms in total. The Hall–Kier alpha value is -2.72. The number of benzene rings is 5. The van der Waals surface area contributed by atoms with Crippen LogP contribution in [0, 0.1) is 0 Å². The van der Waals surface area contributed by atoms with Gasteiger partial charge in [-0.3, -0.25) is 0 Å². The quantitative estimate of drug-likeness (QED) is 0.262. The molecule has 0 radical (unpaired) electrons. The van der Waals surface area contributed by atoms with Gasteiger partial charge in [-0.25, -0.2) is 0 Å². The zero-order valence-electron chi connectivity index (χ0n) is 16.5. The molecular formula is C28H23NiP. The molecule has 0 spiro atoms. The van der Waals surface area contributed by atoms with Crippen LogP contribution in [0.5, 0.6) is 0 Å². The number of rotatable bonds is 4. The molecule has 0 saturated carbocycles. The third-order valence-electron chi connectivity index (χ3n) is 5.81. The van der Waals surface area contributed by atoms with E-state index in [-0.39, 0.29) is 16.5 Å². The van der Waals surface area contributed by atoms with Crippen molar-refractivity contribution in [2.75, 3.05) is 0 Å². The van der Waals surface area contributed by atoms with Crippen LogP contribution in [-0.4, -0.2) is 0 Å². The molecule has 0 aliphatic carbocycles. The zero-order valence-corrected chi connectivity index (χ0v) is 18.5. The summed E-state index contributed by atoms with van der Waals surface area (Å²) in [6, 6.07) is 48.8. The van der Waals surface area contributed by atoms with Crippen LogP contribution in [-0.2, 0) is 16.5 Å².